The SMILES string of the molecule is COc1ccc2c(c1)CCN2S(=O)(=O)c1c(C)n[nH]c1C. The molecule has 2 heterocycles. The maximum Gasteiger partial charge on any atom is 0.268 e. The number of nitrogens with zero attached hydrogens (tertiary/aromatic N) is 2. The monoisotopic (exact) mass is 307 g/mol. The van der Waals surface area contributed by atoms with Crippen molar-refractivity contribution in [3.05, 3.63) is 35.2 Å². The van der Waals surface area contributed by atoms with Gasteiger partial charge in [0.05, 0.1) is 24.2 Å². The van der Waals surface area contributed by atoms with Crippen LogP contribution in [0.3, 0.4) is 0 Å². The Bertz CT molecular complexity index is 776. The summed E-state index contributed by atoms with van der Waals surface area (Å²) in [6.45, 7) is 3.86. The molecule has 0 atom stereocenters. The molecule has 0 saturated heterocycles. The first-order valence-electron chi connectivity index (χ1n) is 6.66. The van der Waals surface area contributed by atoms with Crippen molar-refractivity contribution >= 4 is 15.7 Å². The Kier molecular flexibility index (Phi) is 3.16. The fourth-order valence-electron chi connectivity index (χ4n) is 2.76. The third kappa shape index (κ3) is 2.08. The van der Waals surface area contributed by atoms with Crippen LogP contribution in [-0.2, 0) is 16.4 Å². The van der Waals surface area contributed by atoms with Crippen LogP contribution in [0.15, 0.2) is 23.1 Å². The molecular weight excluding hydrogens is 290 g/mol. The Morgan fingerprint density at radius 1 is 1.33 bits per heavy atom. The summed E-state index contributed by atoms with van der Waals surface area (Å²) in [5.74, 6) is 0.740. The number of hydrogen-bond acceptors (Lipinski definition) is 4. The molecule has 1 aromatic carbocycles. The van der Waals surface area contributed by atoms with E-state index in [0.717, 1.165) is 17.0 Å². The summed E-state index contributed by atoms with van der Waals surface area (Å²) in [4.78, 5) is 0.270. The standard InChI is InChI=1S/C14H17N3O3S/c1-9-14(10(2)16-15-9)21(18,19)17-7-6-11-8-12(20-3)4-5-13(11)17/h4-5,8H,6-7H2,1-3H3,(H,15,16). The van der Waals surface area contributed by atoms with E-state index in [-0.39, 0.29) is 4.90 Å². The molecule has 2 aromatic rings. The molecule has 0 unspecified atom stereocenters. The number of nitrogens with one attached hydrogen (secondary N) is 1. The van der Waals surface area contributed by atoms with Gasteiger partial charge in [0.25, 0.3) is 10.0 Å². The van der Waals surface area contributed by atoms with Gasteiger partial charge in [0.15, 0.2) is 0 Å². The first-order valence-corrected chi connectivity index (χ1v) is 8.10. The first kappa shape index (κ1) is 13.9. The average molecular weight is 307 g/mol. The van der Waals surface area contributed by atoms with Gasteiger partial charge >= 0.3 is 0 Å². The third-order valence-corrected chi connectivity index (χ3v) is 5.83. The predicted molar refractivity (Wildman–Crippen MR) is 79.3 cm³/mol. The Labute approximate surface area is 123 Å². The maximum atomic E-state index is 12.9. The summed E-state index contributed by atoms with van der Waals surface area (Å²) in [7, 11) is -1.99. The van der Waals surface area contributed by atoms with Crippen molar-refractivity contribution in [2.75, 3.05) is 18.0 Å². The number of anilines is 1. The smallest absolute Gasteiger partial charge is 0.268 e. The van der Waals surface area contributed by atoms with Crippen LogP contribution in [0.5, 0.6) is 5.75 Å². The lowest BCUT2D eigenvalue weighted by Gasteiger charge is -2.19. The number of ether oxygens (including phenoxy) is 1. The summed E-state index contributed by atoms with van der Waals surface area (Å²) in [6, 6.07) is 5.46. The summed E-state index contributed by atoms with van der Waals surface area (Å²) in [6.07, 6.45) is 0.682. The molecule has 0 fully saturated rings. The highest BCUT2D eigenvalue weighted by atomic mass is 32.2. The zero-order valence-electron chi connectivity index (χ0n) is 12.2. The van der Waals surface area contributed by atoms with Gasteiger partial charge in [-0.05, 0) is 44.0 Å². The maximum absolute atomic E-state index is 12.9. The normalized spacial score (nSPS) is 14.3. The largest absolute Gasteiger partial charge is 0.497 e. The van der Waals surface area contributed by atoms with E-state index in [4.69, 9.17) is 4.74 Å². The van der Waals surface area contributed by atoms with E-state index in [1.165, 1.54) is 4.31 Å². The fourth-order valence-corrected chi connectivity index (χ4v) is 4.60. The van der Waals surface area contributed by atoms with Gasteiger partial charge in [0.2, 0.25) is 0 Å². The Hall–Kier alpha value is -2.02. The van der Waals surface area contributed by atoms with Gasteiger partial charge in [0, 0.05) is 6.54 Å². The summed E-state index contributed by atoms with van der Waals surface area (Å²) in [5.41, 5.74) is 2.76. The van der Waals surface area contributed by atoms with E-state index in [9.17, 15) is 8.42 Å². The molecule has 0 radical (unpaired) electrons. The first-order chi connectivity index (χ1) is 9.95. The van der Waals surface area contributed by atoms with E-state index in [1.807, 2.05) is 6.07 Å². The average Bonchev–Trinajstić information content (AvgIpc) is 3.02. The van der Waals surface area contributed by atoms with Crippen LogP contribution in [0.2, 0.25) is 0 Å². The molecule has 112 valence electrons. The molecule has 6 nitrogen and oxygen atoms in total. The summed E-state index contributed by atoms with van der Waals surface area (Å²) < 4.78 is 32.4. The summed E-state index contributed by atoms with van der Waals surface area (Å²) in [5, 5.41) is 6.72. The van der Waals surface area contributed by atoms with Crippen LogP contribution >= 0.6 is 0 Å². The molecule has 0 bridgehead atoms. The van der Waals surface area contributed by atoms with Crippen LogP contribution in [0.4, 0.5) is 5.69 Å². The van der Waals surface area contributed by atoms with Crippen molar-refractivity contribution in [1.29, 1.82) is 0 Å². The minimum atomic E-state index is -3.59. The number of H-pyrrole nitrogens is 1. The lowest BCUT2D eigenvalue weighted by atomic mass is 10.1. The number of sulfonamides is 1. The number of fused-ring (bicyclic) bond motifs is 1. The molecular formula is C14H17N3O3S. The van der Waals surface area contributed by atoms with Crippen LogP contribution in [0.25, 0.3) is 0 Å². The molecule has 1 N–H and O–H groups in total. The Morgan fingerprint density at radius 3 is 2.71 bits per heavy atom. The molecule has 0 saturated carbocycles. The minimum absolute atomic E-state index is 0.270. The number of benzene rings is 1. The highest BCUT2D eigenvalue weighted by Gasteiger charge is 2.34. The van der Waals surface area contributed by atoms with Crippen LogP contribution in [0, 0.1) is 13.8 Å². The van der Waals surface area contributed by atoms with Crippen LogP contribution in [0.1, 0.15) is 17.0 Å². The minimum Gasteiger partial charge on any atom is -0.497 e. The van der Waals surface area contributed by atoms with E-state index in [0.29, 0.717) is 24.4 Å². The number of aromatic nitrogens is 2. The Morgan fingerprint density at radius 2 is 2.10 bits per heavy atom. The van der Waals surface area contributed by atoms with Crippen molar-refractivity contribution < 1.29 is 13.2 Å². The van der Waals surface area contributed by atoms with E-state index >= 15 is 0 Å². The van der Waals surface area contributed by atoms with Crippen LogP contribution < -0.4 is 9.04 Å². The van der Waals surface area contributed by atoms with Gasteiger partial charge in [-0.3, -0.25) is 9.40 Å². The van der Waals surface area contributed by atoms with Crippen molar-refractivity contribution in [3.8, 4) is 5.75 Å². The van der Waals surface area contributed by atoms with Crippen LogP contribution in [-0.4, -0.2) is 32.3 Å². The molecule has 3 rings (SSSR count). The lowest BCUT2D eigenvalue weighted by molar-refractivity contribution is 0.414. The third-order valence-electron chi connectivity index (χ3n) is 3.75. The van der Waals surface area contributed by atoms with E-state index in [2.05, 4.69) is 10.2 Å². The molecule has 0 spiro atoms. The number of methoxy groups -OCH3 is 1. The second kappa shape index (κ2) is 4.77. The lowest BCUT2D eigenvalue weighted by Crippen LogP contribution is -2.29. The molecule has 0 amide bonds. The van der Waals surface area contributed by atoms with Gasteiger partial charge in [0.1, 0.15) is 10.6 Å². The van der Waals surface area contributed by atoms with Crippen molar-refractivity contribution in [2.45, 2.75) is 25.2 Å². The highest BCUT2D eigenvalue weighted by Crippen LogP contribution is 2.36. The predicted octanol–water partition coefficient (Wildman–Crippen LogP) is 1.79. The topological polar surface area (TPSA) is 75.3 Å². The van der Waals surface area contributed by atoms with Crippen molar-refractivity contribution in [2.24, 2.45) is 0 Å². The quantitative estimate of drug-likeness (QED) is 0.938. The van der Waals surface area contributed by atoms with Gasteiger partial charge in [-0.1, -0.05) is 0 Å². The molecule has 1 aliphatic rings. The summed E-state index contributed by atoms with van der Waals surface area (Å²) >= 11 is 0. The van der Waals surface area contributed by atoms with Gasteiger partial charge < -0.3 is 4.74 Å². The second-order valence-corrected chi connectivity index (χ2v) is 6.88. The zero-order valence-corrected chi connectivity index (χ0v) is 13.0. The second-order valence-electron chi connectivity index (χ2n) is 5.08. The number of hydrogen-bond donors (Lipinski definition) is 1. The number of rotatable bonds is 3. The van der Waals surface area contributed by atoms with Gasteiger partial charge in [-0.25, -0.2) is 8.42 Å². The van der Waals surface area contributed by atoms with Gasteiger partial charge in [-0.2, -0.15) is 5.10 Å². The molecule has 21 heavy (non-hydrogen) atoms. The van der Waals surface area contributed by atoms with Gasteiger partial charge in [-0.15, -0.1) is 0 Å². The van der Waals surface area contributed by atoms with E-state index < -0.39 is 10.0 Å². The molecule has 0 aliphatic carbocycles. The molecule has 1 aromatic heterocycles. The van der Waals surface area contributed by atoms with E-state index in [1.54, 1.807) is 33.1 Å². The van der Waals surface area contributed by atoms with Crippen molar-refractivity contribution in [3.63, 3.8) is 0 Å². The fraction of sp³-hybridized carbons (Fsp3) is 0.357. The highest BCUT2D eigenvalue weighted by molar-refractivity contribution is 7.93. The molecule has 1 aliphatic heterocycles. The van der Waals surface area contributed by atoms with Crippen molar-refractivity contribution in [1.82, 2.24) is 10.2 Å². The number of aryl methyl sites for hydroxylation is 2. The zero-order chi connectivity index (χ0) is 15.2. The molecule has 7 heteroatoms. The number of aromatic amines is 1. The Balaban J connectivity index is 2.08.